The van der Waals surface area contributed by atoms with Gasteiger partial charge in [-0.2, -0.15) is 0 Å². The summed E-state index contributed by atoms with van der Waals surface area (Å²) < 4.78 is 6.05. The van der Waals surface area contributed by atoms with E-state index in [1.54, 1.807) is 18.2 Å². The van der Waals surface area contributed by atoms with Crippen molar-refractivity contribution >= 4 is 17.5 Å². The van der Waals surface area contributed by atoms with Gasteiger partial charge in [-0.1, -0.05) is 49.7 Å². The molecule has 5 nitrogen and oxygen atoms in total. The molecule has 1 aromatic heterocycles. The zero-order valence-electron chi connectivity index (χ0n) is 19.2. The lowest BCUT2D eigenvalue weighted by molar-refractivity contribution is 0.0280. The molecule has 0 unspecified atom stereocenters. The first-order valence-corrected chi connectivity index (χ1v) is 12.2. The number of pyridine rings is 1. The van der Waals surface area contributed by atoms with Crippen molar-refractivity contribution in [3.05, 3.63) is 58.9 Å². The molecule has 3 heterocycles. The predicted octanol–water partition coefficient (Wildman–Crippen LogP) is 5.29. The Morgan fingerprint density at radius 3 is 2.41 bits per heavy atom. The van der Waals surface area contributed by atoms with Crippen molar-refractivity contribution in [1.29, 1.82) is 0 Å². The molecule has 0 bridgehead atoms. The van der Waals surface area contributed by atoms with Crippen molar-refractivity contribution in [2.45, 2.75) is 46.1 Å². The molecule has 0 atom stereocenters. The van der Waals surface area contributed by atoms with Crippen LogP contribution < -0.4 is 4.74 Å². The Morgan fingerprint density at radius 2 is 1.72 bits per heavy atom. The van der Waals surface area contributed by atoms with Crippen LogP contribution in [0.2, 0.25) is 5.15 Å². The van der Waals surface area contributed by atoms with Crippen molar-refractivity contribution in [2.75, 3.05) is 32.8 Å². The summed E-state index contributed by atoms with van der Waals surface area (Å²) in [6, 6.07) is 13.7. The topological polar surface area (TPSA) is 45.7 Å². The molecule has 2 fully saturated rings. The van der Waals surface area contributed by atoms with Crippen LogP contribution in [0.25, 0.3) is 0 Å². The van der Waals surface area contributed by atoms with Gasteiger partial charge in [0.05, 0.1) is 6.61 Å². The van der Waals surface area contributed by atoms with Gasteiger partial charge >= 0.3 is 0 Å². The molecule has 0 N–H and O–H groups in total. The van der Waals surface area contributed by atoms with Gasteiger partial charge in [-0.25, -0.2) is 4.98 Å². The first-order chi connectivity index (χ1) is 15.4. The van der Waals surface area contributed by atoms with Crippen LogP contribution in [0.4, 0.5) is 0 Å². The standard InChI is InChI=1S/C26H34ClN3O2/c1-20(2)19-32-23-8-4-3-6-21(23)18-29-14-10-26(11-15-29)12-16-30(17-13-26)25(31)22-7-5-9-24(27)28-22/h3-9,20H,10-19H2,1-2H3. The molecule has 2 aliphatic heterocycles. The van der Waals surface area contributed by atoms with Crippen LogP contribution in [0.15, 0.2) is 42.5 Å². The molecular weight excluding hydrogens is 422 g/mol. The Labute approximate surface area is 196 Å². The van der Waals surface area contributed by atoms with E-state index in [4.69, 9.17) is 16.3 Å². The number of hydrogen-bond acceptors (Lipinski definition) is 4. The highest BCUT2D eigenvalue weighted by atomic mass is 35.5. The zero-order valence-corrected chi connectivity index (χ0v) is 20.0. The van der Waals surface area contributed by atoms with Crippen LogP contribution in [0.1, 0.15) is 55.6 Å². The van der Waals surface area contributed by atoms with E-state index in [2.05, 4.69) is 48.0 Å². The summed E-state index contributed by atoms with van der Waals surface area (Å²) in [7, 11) is 0. The summed E-state index contributed by atoms with van der Waals surface area (Å²) in [5.41, 5.74) is 2.09. The second-order valence-corrected chi connectivity index (χ2v) is 10.1. The van der Waals surface area contributed by atoms with Gasteiger partial charge < -0.3 is 9.64 Å². The molecule has 1 spiro atoms. The quantitative estimate of drug-likeness (QED) is 0.555. The Kier molecular flexibility index (Phi) is 7.37. The van der Waals surface area contributed by atoms with E-state index in [1.807, 2.05) is 4.90 Å². The number of likely N-dealkylation sites (tertiary alicyclic amines) is 2. The van der Waals surface area contributed by atoms with Crippen molar-refractivity contribution < 1.29 is 9.53 Å². The molecule has 1 aromatic carbocycles. The molecule has 2 aliphatic rings. The smallest absolute Gasteiger partial charge is 0.272 e. The third-order valence-electron chi connectivity index (χ3n) is 6.90. The number of benzene rings is 1. The summed E-state index contributed by atoms with van der Waals surface area (Å²) in [6.45, 7) is 9.85. The first-order valence-electron chi connectivity index (χ1n) is 11.8. The Hall–Kier alpha value is -2.11. The number of carbonyl (C=O) groups excluding carboxylic acids is 1. The summed E-state index contributed by atoms with van der Waals surface area (Å²) in [5.74, 6) is 1.53. The fraction of sp³-hybridized carbons (Fsp3) is 0.538. The maximum atomic E-state index is 12.8. The number of para-hydroxylation sites is 1. The second-order valence-electron chi connectivity index (χ2n) is 9.73. The van der Waals surface area contributed by atoms with Gasteiger partial charge in [0.1, 0.15) is 16.6 Å². The predicted molar refractivity (Wildman–Crippen MR) is 128 cm³/mol. The van der Waals surface area contributed by atoms with E-state index in [-0.39, 0.29) is 5.91 Å². The highest BCUT2D eigenvalue weighted by Gasteiger charge is 2.38. The highest BCUT2D eigenvalue weighted by Crippen LogP contribution is 2.42. The number of ether oxygens (including phenoxy) is 1. The molecule has 2 saturated heterocycles. The highest BCUT2D eigenvalue weighted by molar-refractivity contribution is 6.29. The molecule has 2 aromatic rings. The van der Waals surface area contributed by atoms with E-state index in [1.165, 1.54) is 18.4 Å². The lowest BCUT2D eigenvalue weighted by Crippen LogP contribution is -2.48. The Morgan fingerprint density at radius 1 is 1.03 bits per heavy atom. The summed E-state index contributed by atoms with van der Waals surface area (Å²) in [4.78, 5) is 21.5. The number of amides is 1. The van der Waals surface area contributed by atoms with Gasteiger partial charge in [0.25, 0.3) is 5.91 Å². The molecule has 4 rings (SSSR count). The van der Waals surface area contributed by atoms with Crippen molar-refractivity contribution in [3.63, 3.8) is 0 Å². The van der Waals surface area contributed by atoms with Gasteiger partial charge in [-0.15, -0.1) is 0 Å². The van der Waals surface area contributed by atoms with E-state index in [9.17, 15) is 4.79 Å². The lowest BCUT2D eigenvalue weighted by Gasteiger charge is -2.47. The number of halogens is 1. The van der Waals surface area contributed by atoms with Crippen molar-refractivity contribution in [3.8, 4) is 5.75 Å². The van der Waals surface area contributed by atoms with Crippen molar-refractivity contribution in [2.24, 2.45) is 11.3 Å². The fourth-order valence-corrected chi connectivity index (χ4v) is 5.00. The minimum atomic E-state index is -0.00205. The minimum Gasteiger partial charge on any atom is -0.493 e. The number of aromatic nitrogens is 1. The summed E-state index contributed by atoms with van der Waals surface area (Å²) in [6.07, 6.45) is 4.53. The summed E-state index contributed by atoms with van der Waals surface area (Å²) in [5, 5.41) is 0.368. The van der Waals surface area contributed by atoms with E-state index < -0.39 is 0 Å². The van der Waals surface area contributed by atoms with Crippen LogP contribution >= 0.6 is 11.6 Å². The Bertz CT molecular complexity index is 915. The maximum Gasteiger partial charge on any atom is 0.272 e. The van der Waals surface area contributed by atoms with Gasteiger partial charge in [0, 0.05) is 25.2 Å². The molecule has 0 saturated carbocycles. The number of hydrogen-bond donors (Lipinski definition) is 0. The number of piperidine rings is 2. The first kappa shape index (κ1) is 23.1. The normalized spacial score (nSPS) is 18.8. The third-order valence-corrected chi connectivity index (χ3v) is 7.11. The number of rotatable bonds is 6. The molecule has 1 amide bonds. The zero-order chi connectivity index (χ0) is 22.6. The van der Waals surface area contributed by atoms with Gasteiger partial charge in [0.15, 0.2) is 0 Å². The van der Waals surface area contributed by atoms with Crippen LogP contribution in [0.3, 0.4) is 0 Å². The number of carbonyl (C=O) groups is 1. The van der Waals surface area contributed by atoms with Crippen molar-refractivity contribution in [1.82, 2.24) is 14.8 Å². The Balaban J connectivity index is 1.29. The van der Waals surface area contributed by atoms with Crippen LogP contribution in [-0.4, -0.2) is 53.5 Å². The molecular formula is C26H34ClN3O2. The van der Waals surface area contributed by atoms with Gasteiger partial charge in [0.2, 0.25) is 0 Å². The van der Waals surface area contributed by atoms with Gasteiger partial charge in [-0.05, 0) is 68.3 Å². The largest absolute Gasteiger partial charge is 0.493 e. The summed E-state index contributed by atoms with van der Waals surface area (Å²) >= 11 is 5.96. The average Bonchev–Trinajstić information content (AvgIpc) is 2.80. The second kappa shape index (κ2) is 10.2. The van der Waals surface area contributed by atoms with Crippen LogP contribution in [0.5, 0.6) is 5.75 Å². The third kappa shape index (κ3) is 5.62. The maximum absolute atomic E-state index is 12.8. The van der Waals surface area contributed by atoms with E-state index in [0.717, 1.165) is 57.9 Å². The number of nitrogens with zero attached hydrogens (tertiary/aromatic N) is 3. The van der Waals surface area contributed by atoms with Crippen LogP contribution in [0, 0.1) is 11.3 Å². The van der Waals surface area contributed by atoms with Gasteiger partial charge in [-0.3, -0.25) is 9.69 Å². The van der Waals surface area contributed by atoms with Crippen LogP contribution in [-0.2, 0) is 6.54 Å². The molecule has 0 aliphatic carbocycles. The molecule has 172 valence electrons. The SMILES string of the molecule is CC(C)COc1ccccc1CN1CCC2(CC1)CCN(C(=O)c1cccc(Cl)n1)CC2. The van der Waals surface area contributed by atoms with E-state index in [0.29, 0.717) is 22.2 Å². The minimum absolute atomic E-state index is 0.00205. The fourth-order valence-electron chi connectivity index (χ4n) is 4.83. The molecule has 0 radical (unpaired) electrons. The van der Waals surface area contributed by atoms with E-state index >= 15 is 0 Å². The average molecular weight is 456 g/mol. The lowest BCUT2D eigenvalue weighted by atomic mass is 9.71. The molecule has 32 heavy (non-hydrogen) atoms. The monoisotopic (exact) mass is 455 g/mol. The molecule has 6 heteroatoms.